The molecule has 68 heavy (non-hydrogen) atoms. The lowest BCUT2D eigenvalue weighted by Gasteiger charge is -2.40. The molecule has 0 amide bonds. The second kappa shape index (κ2) is 23.4. The van der Waals surface area contributed by atoms with Crippen molar-refractivity contribution < 1.29 is 10.0 Å². The minimum absolute atomic E-state index is 0.196. The van der Waals surface area contributed by atoms with Crippen LogP contribution >= 0.6 is 0 Å². The molecule has 2 spiro atoms. The SMILES string of the molecule is CC.CC.CC.CCC#N.N#CCB(O)O.c1ccc2c(c1)Cc1ccccc1C21c2ccccc2-c2ccccc21.c1ccc2c(c1)Cc1ccccc1C21c2ccccc2-c2ccccc21. The lowest BCUT2D eigenvalue weighted by molar-refractivity contribution is 0.412. The van der Waals surface area contributed by atoms with Gasteiger partial charge in [-0.3, -0.25) is 0 Å². The van der Waals surface area contributed by atoms with Gasteiger partial charge >= 0.3 is 7.12 Å². The molecular formula is C63H63BN2O2. The monoisotopic (exact) mass is 890 g/mol. The van der Waals surface area contributed by atoms with Crippen LogP contribution in [0.1, 0.15) is 122 Å². The summed E-state index contributed by atoms with van der Waals surface area (Å²) in [4.78, 5) is 0. The van der Waals surface area contributed by atoms with Crippen LogP contribution in [0.3, 0.4) is 0 Å². The summed E-state index contributed by atoms with van der Waals surface area (Å²) in [6, 6.07) is 75.3. The summed E-state index contributed by atoms with van der Waals surface area (Å²) in [5.74, 6) is 0. The maximum atomic E-state index is 7.89. The van der Waals surface area contributed by atoms with Gasteiger partial charge in [0.25, 0.3) is 0 Å². The van der Waals surface area contributed by atoms with E-state index < -0.39 is 7.12 Å². The molecule has 0 bridgehead atoms. The minimum atomic E-state index is -1.46. The van der Waals surface area contributed by atoms with Crippen LogP contribution in [0.15, 0.2) is 194 Å². The van der Waals surface area contributed by atoms with Crippen molar-refractivity contribution in [3.8, 4) is 34.4 Å². The molecule has 0 heterocycles. The van der Waals surface area contributed by atoms with E-state index in [1.165, 1.54) is 89.0 Å². The van der Waals surface area contributed by atoms with Crippen molar-refractivity contribution in [2.75, 3.05) is 0 Å². The van der Waals surface area contributed by atoms with Gasteiger partial charge in [0.05, 0.1) is 29.3 Å². The van der Waals surface area contributed by atoms with Crippen molar-refractivity contribution in [2.24, 2.45) is 0 Å². The second-order valence-corrected chi connectivity index (χ2v) is 16.0. The van der Waals surface area contributed by atoms with Crippen LogP contribution in [0.5, 0.6) is 0 Å². The Labute approximate surface area is 406 Å². The van der Waals surface area contributed by atoms with Crippen molar-refractivity contribution in [3.05, 3.63) is 261 Å². The largest absolute Gasteiger partial charge is 0.466 e. The maximum absolute atomic E-state index is 7.89. The van der Waals surface area contributed by atoms with Gasteiger partial charge in [0.15, 0.2) is 0 Å². The Kier molecular flexibility index (Phi) is 17.3. The molecule has 8 aromatic carbocycles. The van der Waals surface area contributed by atoms with Gasteiger partial charge in [-0.1, -0.05) is 243 Å². The van der Waals surface area contributed by atoms with Crippen molar-refractivity contribution in [1.82, 2.24) is 0 Å². The van der Waals surface area contributed by atoms with E-state index in [1.807, 2.05) is 54.5 Å². The van der Waals surface area contributed by atoms with E-state index >= 15 is 0 Å². The number of hydrogen-bond acceptors (Lipinski definition) is 4. The zero-order valence-corrected chi connectivity index (χ0v) is 40.7. The molecule has 0 saturated carbocycles. The standard InChI is InChI=1S/2C26H18.C3H5N.C2H4BNO2.3C2H6/c2*1-5-13-22-18(9-1)17-19-10-2-6-14-23(19)26(22)24-15-7-3-11-20(24)21-12-4-8-16-25(21)26;1-2-3-4;4-2-1-3(5)6;3*1-2/h2*1-16H,17H2;2H2,1H3;5-6H,1H2;3*1-2H3. The van der Waals surface area contributed by atoms with E-state index in [0.717, 1.165) is 12.8 Å². The first-order valence-corrected chi connectivity index (χ1v) is 24.3. The van der Waals surface area contributed by atoms with Crippen LogP contribution in [0.25, 0.3) is 22.3 Å². The van der Waals surface area contributed by atoms with E-state index in [9.17, 15) is 0 Å². The van der Waals surface area contributed by atoms with E-state index in [1.54, 1.807) is 6.07 Å². The highest BCUT2D eigenvalue weighted by atomic mass is 16.4. The fraction of sp³-hybridized carbons (Fsp3) is 0.206. The molecule has 4 aliphatic carbocycles. The highest BCUT2D eigenvalue weighted by Gasteiger charge is 2.50. The van der Waals surface area contributed by atoms with Crippen molar-refractivity contribution in [1.29, 1.82) is 10.5 Å². The summed E-state index contributed by atoms with van der Waals surface area (Å²) in [6.45, 7) is 13.8. The molecule has 340 valence electrons. The minimum Gasteiger partial charge on any atom is -0.426 e. The number of benzene rings is 8. The highest BCUT2D eigenvalue weighted by molar-refractivity contribution is 6.41. The average molecular weight is 891 g/mol. The van der Waals surface area contributed by atoms with Crippen molar-refractivity contribution in [2.45, 2.75) is 84.9 Å². The molecule has 2 N–H and O–H groups in total. The van der Waals surface area contributed by atoms with Crippen molar-refractivity contribution in [3.63, 3.8) is 0 Å². The van der Waals surface area contributed by atoms with Gasteiger partial charge in [-0.05, 0) is 102 Å². The predicted octanol–water partition coefficient (Wildman–Crippen LogP) is 14.9. The summed E-state index contributed by atoms with van der Waals surface area (Å²) in [5.41, 5.74) is 22.3. The van der Waals surface area contributed by atoms with Crippen LogP contribution in [-0.2, 0) is 23.7 Å². The third-order valence-electron chi connectivity index (χ3n) is 12.8. The Morgan fingerprint density at radius 3 is 0.765 bits per heavy atom. The molecule has 0 aromatic heterocycles. The van der Waals surface area contributed by atoms with E-state index in [-0.39, 0.29) is 17.2 Å². The third kappa shape index (κ3) is 8.85. The van der Waals surface area contributed by atoms with Crippen LogP contribution < -0.4 is 0 Å². The number of nitrogens with zero attached hydrogens (tertiary/aromatic N) is 2. The van der Waals surface area contributed by atoms with E-state index in [2.05, 4.69) is 194 Å². The van der Waals surface area contributed by atoms with Crippen molar-refractivity contribution >= 4 is 7.12 Å². The van der Waals surface area contributed by atoms with Gasteiger partial charge in [-0.15, -0.1) is 0 Å². The molecule has 5 heteroatoms. The molecular weight excluding hydrogens is 828 g/mol. The number of hydrogen-bond donors (Lipinski definition) is 2. The lowest BCUT2D eigenvalue weighted by Crippen LogP contribution is -2.34. The molecule has 12 rings (SSSR count). The molecule has 4 nitrogen and oxygen atoms in total. The fourth-order valence-corrected chi connectivity index (χ4v) is 10.6. The zero-order chi connectivity index (χ0) is 48.7. The highest BCUT2D eigenvalue weighted by Crippen LogP contribution is 2.60. The number of fused-ring (bicyclic) bond motifs is 18. The summed E-state index contributed by atoms with van der Waals surface area (Å²) in [7, 11) is -1.46. The van der Waals surface area contributed by atoms with Gasteiger partial charge < -0.3 is 10.0 Å². The predicted molar refractivity (Wildman–Crippen MR) is 284 cm³/mol. The summed E-state index contributed by atoms with van der Waals surface area (Å²) < 4.78 is 0. The Morgan fingerprint density at radius 1 is 0.368 bits per heavy atom. The normalized spacial score (nSPS) is 12.7. The van der Waals surface area contributed by atoms with E-state index in [4.69, 9.17) is 20.6 Å². The molecule has 0 atom stereocenters. The van der Waals surface area contributed by atoms with Crippen LogP contribution in [-0.4, -0.2) is 17.2 Å². The first kappa shape index (κ1) is 50.1. The van der Waals surface area contributed by atoms with Crippen LogP contribution in [0.2, 0.25) is 6.32 Å². The van der Waals surface area contributed by atoms with Crippen LogP contribution in [0.4, 0.5) is 0 Å². The lowest BCUT2D eigenvalue weighted by atomic mass is 9.61. The average Bonchev–Trinajstić information content (AvgIpc) is 3.87. The van der Waals surface area contributed by atoms with Gasteiger partial charge in [-0.25, -0.2) is 0 Å². The van der Waals surface area contributed by atoms with Gasteiger partial charge in [-0.2, -0.15) is 10.5 Å². The molecule has 0 fully saturated rings. The van der Waals surface area contributed by atoms with Gasteiger partial charge in [0.1, 0.15) is 0 Å². The summed E-state index contributed by atoms with van der Waals surface area (Å²) in [5, 5.41) is 31.1. The zero-order valence-electron chi connectivity index (χ0n) is 40.7. The molecule has 0 unspecified atom stereocenters. The quantitative estimate of drug-likeness (QED) is 0.161. The Morgan fingerprint density at radius 2 is 0.574 bits per heavy atom. The molecule has 0 radical (unpaired) electrons. The van der Waals surface area contributed by atoms with Gasteiger partial charge in [0, 0.05) is 6.42 Å². The molecule has 0 aliphatic heterocycles. The number of nitriles is 2. The Balaban J connectivity index is 0.000000172. The molecule has 4 aliphatic rings. The van der Waals surface area contributed by atoms with Gasteiger partial charge in [0.2, 0.25) is 0 Å². The summed E-state index contributed by atoms with van der Waals surface area (Å²) in [6.07, 6.45) is 2.44. The Bertz CT molecular complexity index is 2650. The first-order valence-electron chi connectivity index (χ1n) is 24.3. The fourth-order valence-electron chi connectivity index (χ4n) is 10.6. The van der Waals surface area contributed by atoms with E-state index in [0.29, 0.717) is 6.42 Å². The smallest absolute Gasteiger partial charge is 0.426 e. The molecule has 0 saturated heterocycles. The molecule has 8 aromatic rings. The third-order valence-corrected chi connectivity index (χ3v) is 12.8. The topological polar surface area (TPSA) is 88.0 Å². The first-order chi connectivity index (χ1) is 33.5. The Hall–Kier alpha value is -7.28. The number of rotatable bonds is 1. The van der Waals surface area contributed by atoms with Crippen LogP contribution in [0, 0.1) is 22.7 Å². The maximum Gasteiger partial charge on any atom is 0.466 e. The summed E-state index contributed by atoms with van der Waals surface area (Å²) >= 11 is 0. The second-order valence-electron chi connectivity index (χ2n) is 16.0.